The van der Waals surface area contributed by atoms with E-state index in [1.165, 1.54) is 12.8 Å². The molecule has 1 amide bonds. The standard InChI is InChI=1S/C17H26N2O3/c20-15(21)14-8-7-13-19(14)16(22)17(9-3-1-4-10-17)18-11-5-2-6-12-18/h7-8,14H,1-6,9-13H2,(H,20,21)/t14-/m1/s1. The molecule has 1 saturated heterocycles. The molecule has 3 rings (SSSR count). The predicted octanol–water partition coefficient (Wildman–Crippen LogP) is 2.03. The lowest BCUT2D eigenvalue weighted by Crippen LogP contribution is -2.63. The van der Waals surface area contributed by atoms with E-state index < -0.39 is 17.6 Å². The lowest BCUT2D eigenvalue weighted by Gasteiger charge is -2.48. The number of carboxylic acids is 1. The number of hydrogen-bond acceptors (Lipinski definition) is 3. The number of amides is 1. The van der Waals surface area contributed by atoms with Crippen molar-refractivity contribution in [3.8, 4) is 0 Å². The molecule has 0 aromatic heterocycles. The van der Waals surface area contributed by atoms with Gasteiger partial charge in [0.15, 0.2) is 0 Å². The summed E-state index contributed by atoms with van der Waals surface area (Å²) >= 11 is 0. The van der Waals surface area contributed by atoms with Crippen LogP contribution >= 0.6 is 0 Å². The molecule has 1 N–H and O–H groups in total. The van der Waals surface area contributed by atoms with Crippen LogP contribution in [0.3, 0.4) is 0 Å². The predicted molar refractivity (Wildman–Crippen MR) is 83.5 cm³/mol. The van der Waals surface area contributed by atoms with Crippen LogP contribution in [0.15, 0.2) is 12.2 Å². The molecule has 5 nitrogen and oxygen atoms in total. The first-order valence-electron chi connectivity index (χ1n) is 8.61. The lowest BCUT2D eigenvalue weighted by molar-refractivity contribution is -0.156. The lowest BCUT2D eigenvalue weighted by atomic mass is 9.78. The summed E-state index contributed by atoms with van der Waals surface area (Å²) in [7, 11) is 0. The number of likely N-dealkylation sites (tertiary alicyclic amines) is 1. The first-order valence-corrected chi connectivity index (χ1v) is 8.61. The van der Waals surface area contributed by atoms with Gasteiger partial charge in [-0.1, -0.05) is 37.8 Å². The van der Waals surface area contributed by atoms with Gasteiger partial charge in [0.2, 0.25) is 5.91 Å². The van der Waals surface area contributed by atoms with E-state index >= 15 is 0 Å². The van der Waals surface area contributed by atoms with Gasteiger partial charge in [0.1, 0.15) is 11.6 Å². The van der Waals surface area contributed by atoms with Crippen LogP contribution in [0, 0.1) is 0 Å². The zero-order valence-electron chi connectivity index (χ0n) is 13.2. The Morgan fingerprint density at radius 2 is 1.64 bits per heavy atom. The SMILES string of the molecule is O=C(O)[C@H]1C=CCN1C(=O)C1(N2CCCCC2)CCCCC1. The minimum atomic E-state index is -0.924. The third-order valence-electron chi connectivity index (χ3n) is 5.51. The van der Waals surface area contributed by atoms with Gasteiger partial charge in [-0.2, -0.15) is 0 Å². The number of carboxylic acid groups (broad SMARTS) is 1. The van der Waals surface area contributed by atoms with Crippen molar-refractivity contribution in [2.45, 2.75) is 62.9 Å². The van der Waals surface area contributed by atoms with Crippen LogP contribution in [0.1, 0.15) is 51.4 Å². The van der Waals surface area contributed by atoms with E-state index in [-0.39, 0.29) is 5.91 Å². The molecule has 0 bridgehead atoms. The second-order valence-electron chi connectivity index (χ2n) is 6.81. The average Bonchev–Trinajstić information content (AvgIpc) is 3.05. The van der Waals surface area contributed by atoms with Crippen molar-refractivity contribution < 1.29 is 14.7 Å². The topological polar surface area (TPSA) is 60.9 Å². The first kappa shape index (κ1) is 15.5. The van der Waals surface area contributed by atoms with Crippen LogP contribution in [0.25, 0.3) is 0 Å². The number of carbonyl (C=O) groups excluding carboxylic acids is 1. The molecule has 1 saturated carbocycles. The molecule has 1 aliphatic carbocycles. The highest BCUT2D eigenvalue weighted by Crippen LogP contribution is 2.38. The molecule has 122 valence electrons. The van der Waals surface area contributed by atoms with Gasteiger partial charge >= 0.3 is 5.97 Å². The smallest absolute Gasteiger partial charge is 0.330 e. The van der Waals surface area contributed by atoms with Crippen molar-refractivity contribution in [3.05, 3.63) is 12.2 Å². The van der Waals surface area contributed by atoms with Gasteiger partial charge in [0.25, 0.3) is 0 Å². The summed E-state index contributed by atoms with van der Waals surface area (Å²) in [6.07, 6.45) is 12.1. The third kappa shape index (κ3) is 2.67. The molecule has 22 heavy (non-hydrogen) atoms. The number of piperidine rings is 1. The highest BCUT2D eigenvalue weighted by molar-refractivity contribution is 5.92. The van der Waals surface area contributed by atoms with Crippen LogP contribution in [0.4, 0.5) is 0 Å². The maximum absolute atomic E-state index is 13.3. The molecule has 0 unspecified atom stereocenters. The fourth-order valence-electron chi connectivity index (χ4n) is 4.34. The first-order chi connectivity index (χ1) is 10.6. The molecule has 0 spiro atoms. The van der Waals surface area contributed by atoms with Crippen molar-refractivity contribution >= 4 is 11.9 Å². The van der Waals surface area contributed by atoms with E-state index in [4.69, 9.17) is 0 Å². The molecular weight excluding hydrogens is 280 g/mol. The van der Waals surface area contributed by atoms with Gasteiger partial charge in [-0.3, -0.25) is 9.69 Å². The molecule has 2 heterocycles. The molecule has 0 aromatic carbocycles. The van der Waals surface area contributed by atoms with E-state index in [2.05, 4.69) is 4.90 Å². The summed E-state index contributed by atoms with van der Waals surface area (Å²) in [5.74, 6) is -0.877. The highest BCUT2D eigenvalue weighted by Gasteiger charge is 2.49. The summed E-state index contributed by atoms with van der Waals surface area (Å²) in [4.78, 5) is 28.7. The summed E-state index contributed by atoms with van der Waals surface area (Å²) in [6, 6.07) is -0.781. The Hall–Kier alpha value is -1.36. The molecule has 2 fully saturated rings. The third-order valence-corrected chi connectivity index (χ3v) is 5.51. The Balaban J connectivity index is 1.85. The van der Waals surface area contributed by atoms with Crippen LogP contribution in [-0.4, -0.2) is 58.0 Å². The summed E-state index contributed by atoms with van der Waals surface area (Å²) in [5, 5.41) is 9.37. The fourth-order valence-corrected chi connectivity index (χ4v) is 4.34. The second-order valence-corrected chi connectivity index (χ2v) is 6.81. The molecule has 0 aromatic rings. The number of nitrogens with zero attached hydrogens (tertiary/aromatic N) is 2. The summed E-state index contributed by atoms with van der Waals surface area (Å²) in [5.41, 5.74) is -0.446. The number of rotatable bonds is 3. The minimum absolute atomic E-state index is 0.0477. The molecular formula is C17H26N2O3. The zero-order chi connectivity index (χ0) is 15.6. The van der Waals surface area contributed by atoms with Crippen LogP contribution in [0.2, 0.25) is 0 Å². The number of aliphatic carboxylic acids is 1. The van der Waals surface area contributed by atoms with Crippen molar-refractivity contribution in [2.24, 2.45) is 0 Å². The largest absolute Gasteiger partial charge is 0.479 e. The minimum Gasteiger partial charge on any atom is -0.479 e. The van der Waals surface area contributed by atoms with Gasteiger partial charge in [-0.25, -0.2) is 4.79 Å². The monoisotopic (exact) mass is 306 g/mol. The van der Waals surface area contributed by atoms with E-state index in [0.717, 1.165) is 51.6 Å². The summed E-state index contributed by atoms with van der Waals surface area (Å²) in [6.45, 7) is 2.39. The Labute approximate surface area is 132 Å². The van der Waals surface area contributed by atoms with E-state index in [0.29, 0.717) is 6.54 Å². The van der Waals surface area contributed by atoms with Crippen LogP contribution in [0.5, 0.6) is 0 Å². The maximum Gasteiger partial charge on any atom is 0.330 e. The number of hydrogen-bond donors (Lipinski definition) is 1. The van der Waals surface area contributed by atoms with E-state index in [1.54, 1.807) is 11.0 Å². The highest BCUT2D eigenvalue weighted by atomic mass is 16.4. The molecule has 1 atom stereocenters. The summed E-state index contributed by atoms with van der Waals surface area (Å²) < 4.78 is 0. The Kier molecular flexibility index (Phi) is 4.52. The van der Waals surface area contributed by atoms with Gasteiger partial charge in [-0.05, 0) is 38.8 Å². The van der Waals surface area contributed by atoms with Gasteiger partial charge in [0, 0.05) is 6.54 Å². The van der Waals surface area contributed by atoms with Gasteiger partial charge in [0.05, 0.1) is 0 Å². The molecule has 2 aliphatic heterocycles. The van der Waals surface area contributed by atoms with Crippen molar-refractivity contribution in [3.63, 3.8) is 0 Å². The Morgan fingerprint density at radius 1 is 1.00 bits per heavy atom. The average molecular weight is 306 g/mol. The number of carbonyl (C=O) groups is 2. The normalized spacial score (nSPS) is 28.7. The Bertz CT molecular complexity index is 463. The zero-order valence-corrected chi connectivity index (χ0v) is 13.2. The fraction of sp³-hybridized carbons (Fsp3) is 0.765. The Morgan fingerprint density at radius 3 is 2.27 bits per heavy atom. The van der Waals surface area contributed by atoms with Gasteiger partial charge in [-0.15, -0.1) is 0 Å². The van der Waals surface area contributed by atoms with Crippen molar-refractivity contribution in [2.75, 3.05) is 19.6 Å². The van der Waals surface area contributed by atoms with E-state index in [9.17, 15) is 14.7 Å². The van der Waals surface area contributed by atoms with Crippen LogP contribution in [-0.2, 0) is 9.59 Å². The molecule has 0 radical (unpaired) electrons. The van der Waals surface area contributed by atoms with E-state index in [1.807, 2.05) is 6.08 Å². The van der Waals surface area contributed by atoms with Crippen LogP contribution < -0.4 is 0 Å². The van der Waals surface area contributed by atoms with Gasteiger partial charge < -0.3 is 10.0 Å². The second kappa shape index (κ2) is 6.41. The maximum atomic E-state index is 13.3. The van der Waals surface area contributed by atoms with Crippen molar-refractivity contribution in [1.82, 2.24) is 9.80 Å². The molecule has 3 aliphatic rings. The molecule has 5 heteroatoms. The van der Waals surface area contributed by atoms with Crippen molar-refractivity contribution in [1.29, 1.82) is 0 Å². The quantitative estimate of drug-likeness (QED) is 0.811.